The van der Waals surface area contributed by atoms with E-state index in [0.29, 0.717) is 30.4 Å². The number of hydrogen-bond acceptors (Lipinski definition) is 4. The molecule has 7 heteroatoms. The molecule has 1 aliphatic heterocycles. The van der Waals surface area contributed by atoms with Gasteiger partial charge in [-0.1, -0.05) is 11.6 Å². The number of aliphatic carboxylic acids is 1. The molecule has 2 heterocycles. The van der Waals surface area contributed by atoms with Gasteiger partial charge >= 0.3 is 5.97 Å². The minimum absolute atomic E-state index is 0.000520. The van der Waals surface area contributed by atoms with Crippen LogP contribution < -0.4 is 0 Å². The zero-order valence-electron chi connectivity index (χ0n) is 11.2. The molecular weight excluding hydrogens is 300 g/mol. The number of nitrogens with zero attached hydrogens (tertiary/aromatic N) is 2. The molecule has 0 unspecified atom stereocenters. The molecule has 5 nitrogen and oxygen atoms in total. The Labute approximate surface area is 126 Å². The van der Waals surface area contributed by atoms with Crippen molar-refractivity contribution in [2.45, 2.75) is 13.0 Å². The van der Waals surface area contributed by atoms with Crippen molar-refractivity contribution in [2.24, 2.45) is 5.92 Å². The van der Waals surface area contributed by atoms with Gasteiger partial charge in [-0.2, -0.15) is 0 Å². The molecule has 1 atom stereocenters. The first-order valence-corrected chi connectivity index (χ1v) is 7.58. The maximum atomic E-state index is 12.1. The Morgan fingerprint density at radius 1 is 1.55 bits per heavy atom. The first-order chi connectivity index (χ1) is 9.45. The first-order valence-electron chi connectivity index (χ1n) is 6.39. The SMILES string of the molecule is CN(Cc1ccc(Cl)s1)C(=O)CN1CC[C@@H](C(=O)O)C1. The van der Waals surface area contributed by atoms with Crippen LogP contribution in [0.5, 0.6) is 0 Å². The van der Waals surface area contributed by atoms with Crippen LogP contribution in [0.1, 0.15) is 11.3 Å². The zero-order chi connectivity index (χ0) is 14.7. The van der Waals surface area contributed by atoms with Crippen molar-refractivity contribution < 1.29 is 14.7 Å². The van der Waals surface area contributed by atoms with Crippen molar-refractivity contribution in [3.63, 3.8) is 0 Å². The van der Waals surface area contributed by atoms with Gasteiger partial charge in [-0.05, 0) is 25.1 Å². The van der Waals surface area contributed by atoms with Gasteiger partial charge in [0.25, 0.3) is 0 Å². The lowest BCUT2D eigenvalue weighted by molar-refractivity contribution is -0.141. The van der Waals surface area contributed by atoms with Crippen LogP contribution in [0.4, 0.5) is 0 Å². The number of hydrogen-bond donors (Lipinski definition) is 1. The maximum absolute atomic E-state index is 12.1. The lowest BCUT2D eigenvalue weighted by Gasteiger charge is -2.20. The third kappa shape index (κ3) is 3.94. The summed E-state index contributed by atoms with van der Waals surface area (Å²) in [7, 11) is 1.75. The van der Waals surface area contributed by atoms with E-state index in [1.54, 1.807) is 11.9 Å². The molecule has 1 fully saturated rings. The van der Waals surface area contributed by atoms with E-state index in [4.69, 9.17) is 16.7 Å². The molecule has 0 radical (unpaired) electrons. The van der Waals surface area contributed by atoms with E-state index < -0.39 is 5.97 Å². The van der Waals surface area contributed by atoms with Gasteiger partial charge in [0, 0.05) is 18.5 Å². The molecule has 0 aliphatic carbocycles. The lowest BCUT2D eigenvalue weighted by Crippen LogP contribution is -2.37. The van der Waals surface area contributed by atoms with Crippen LogP contribution in [-0.2, 0) is 16.1 Å². The molecular formula is C13H17ClN2O3S. The zero-order valence-corrected chi connectivity index (χ0v) is 12.8. The first kappa shape index (κ1) is 15.3. The fourth-order valence-electron chi connectivity index (χ4n) is 2.25. The van der Waals surface area contributed by atoms with Crippen molar-refractivity contribution in [2.75, 3.05) is 26.7 Å². The Morgan fingerprint density at radius 3 is 2.85 bits per heavy atom. The summed E-state index contributed by atoms with van der Waals surface area (Å²) >= 11 is 7.32. The molecule has 1 N–H and O–H groups in total. The summed E-state index contributed by atoms with van der Waals surface area (Å²) in [6.45, 7) is 1.94. The number of rotatable bonds is 5. The molecule has 0 bridgehead atoms. The van der Waals surface area contributed by atoms with E-state index in [0.717, 1.165) is 4.88 Å². The van der Waals surface area contributed by atoms with Crippen LogP contribution in [-0.4, -0.2) is 53.5 Å². The molecule has 0 spiro atoms. The van der Waals surface area contributed by atoms with E-state index >= 15 is 0 Å². The largest absolute Gasteiger partial charge is 0.481 e. The second kappa shape index (κ2) is 6.56. The molecule has 1 saturated heterocycles. The number of carboxylic acid groups (broad SMARTS) is 1. The summed E-state index contributed by atoms with van der Waals surface area (Å²) in [6, 6.07) is 3.73. The number of carbonyl (C=O) groups is 2. The summed E-state index contributed by atoms with van der Waals surface area (Å²) in [5, 5.41) is 8.94. The average molecular weight is 317 g/mol. The molecule has 20 heavy (non-hydrogen) atoms. The van der Waals surface area contributed by atoms with Gasteiger partial charge in [-0.25, -0.2) is 0 Å². The summed E-state index contributed by atoms with van der Waals surface area (Å²) in [5.74, 6) is -1.12. The van der Waals surface area contributed by atoms with Gasteiger partial charge in [0.2, 0.25) is 5.91 Å². The second-order valence-electron chi connectivity index (χ2n) is 5.01. The molecule has 0 aromatic carbocycles. The number of thiophene rings is 1. The smallest absolute Gasteiger partial charge is 0.307 e. The standard InChI is InChI=1S/C13H17ClN2O3S/c1-15(7-10-2-3-11(14)20-10)12(17)8-16-5-4-9(6-16)13(18)19/h2-3,9H,4-8H2,1H3,(H,18,19)/t9-/m1/s1. The molecule has 110 valence electrons. The van der Waals surface area contributed by atoms with Crippen molar-refractivity contribution >= 4 is 34.8 Å². The van der Waals surface area contributed by atoms with Gasteiger partial charge in [-0.15, -0.1) is 11.3 Å². The molecule has 1 aromatic rings. The van der Waals surface area contributed by atoms with E-state index in [1.807, 2.05) is 17.0 Å². The highest BCUT2D eigenvalue weighted by atomic mass is 35.5. The summed E-state index contributed by atoms with van der Waals surface area (Å²) < 4.78 is 0.713. The predicted molar refractivity (Wildman–Crippen MR) is 78.0 cm³/mol. The van der Waals surface area contributed by atoms with Gasteiger partial charge in [0.1, 0.15) is 0 Å². The molecule has 1 aromatic heterocycles. The van der Waals surface area contributed by atoms with Crippen LogP contribution in [0, 0.1) is 5.92 Å². The minimum atomic E-state index is -0.776. The van der Waals surface area contributed by atoms with Crippen LogP contribution >= 0.6 is 22.9 Å². The highest BCUT2D eigenvalue weighted by Crippen LogP contribution is 2.22. The summed E-state index contributed by atoms with van der Waals surface area (Å²) in [4.78, 5) is 27.6. The highest BCUT2D eigenvalue weighted by molar-refractivity contribution is 7.16. The van der Waals surface area contributed by atoms with Crippen LogP contribution in [0.3, 0.4) is 0 Å². The van der Waals surface area contributed by atoms with E-state index in [9.17, 15) is 9.59 Å². The Hall–Kier alpha value is -1.11. The topological polar surface area (TPSA) is 60.9 Å². The van der Waals surface area contributed by atoms with Crippen molar-refractivity contribution in [1.29, 1.82) is 0 Å². The molecule has 1 aliphatic rings. The number of carbonyl (C=O) groups excluding carboxylic acids is 1. The third-order valence-corrected chi connectivity index (χ3v) is 4.64. The van der Waals surface area contributed by atoms with E-state index in [-0.39, 0.29) is 18.4 Å². The molecule has 1 amide bonds. The fourth-order valence-corrected chi connectivity index (χ4v) is 3.39. The van der Waals surface area contributed by atoms with E-state index in [2.05, 4.69) is 0 Å². The van der Waals surface area contributed by atoms with Gasteiger partial charge in [0.05, 0.1) is 23.3 Å². The Kier molecular flexibility index (Phi) is 5.01. The van der Waals surface area contributed by atoms with Crippen LogP contribution in [0.15, 0.2) is 12.1 Å². The second-order valence-corrected chi connectivity index (χ2v) is 6.81. The number of carboxylic acids is 1. The summed E-state index contributed by atoms with van der Waals surface area (Å²) in [6.07, 6.45) is 0.618. The highest BCUT2D eigenvalue weighted by Gasteiger charge is 2.29. The van der Waals surface area contributed by atoms with Gasteiger partial charge < -0.3 is 10.0 Å². The Bertz CT molecular complexity index is 506. The molecule has 2 rings (SSSR count). The number of halogens is 1. The fraction of sp³-hybridized carbons (Fsp3) is 0.538. The minimum Gasteiger partial charge on any atom is -0.481 e. The van der Waals surface area contributed by atoms with Crippen molar-refractivity contribution in [3.8, 4) is 0 Å². The van der Waals surface area contributed by atoms with Crippen molar-refractivity contribution in [1.82, 2.24) is 9.80 Å². The predicted octanol–water partition coefficient (Wildman–Crippen LogP) is 1.77. The monoisotopic (exact) mass is 316 g/mol. The normalized spacial score (nSPS) is 19.2. The van der Waals surface area contributed by atoms with Gasteiger partial charge in [0.15, 0.2) is 0 Å². The Balaban J connectivity index is 1.81. The lowest BCUT2D eigenvalue weighted by atomic mass is 10.1. The van der Waals surface area contributed by atoms with E-state index in [1.165, 1.54) is 11.3 Å². The maximum Gasteiger partial charge on any atom is 0.307 e. The van der Waals surface area contributed by atoms with Crippen LogP contribution in [0.25, 0.3) is 0 Å². The van der Waals surface area contributed by atoms with Crippen LogP contribution in [0.2, 0.25) is 4.34 Å². The quantitative estimate of drug-likeness (QED) is 0.899. The van der Waals surface area contributed by atoms with Gasteiger partial charge in [-0.3, -0.25) is 14.5 Å². The van der Waals surface area contributed by atoms with Crippen molar-refractivity contribution in [3.05, 3.63) is 21.3 Å². The summed E-state index contributed by atoms with van der Waals surface area (Å²) in [5.41, 5.74) is 0. The average Bonchev–Trinajstić information content (AvgIpc) is 2.98. The third-order valence-electron chi connectivity index (χ3n) is 3.43. The number of amides is 1. The molecule has 0 saturated carbocycles. The number of likely N-dealkylation sites (N-methyl/N-ethyl adjacent to an activating group) is 1. The Morgan fingerprint density at radius 2 is 2.30 bits per heavy atom. The number of likely N-dealkylation sites (tertiary alicyclic amines) is 1.